The number of rotatable bonds is 10. The van der Waals surface area contributed by atoms with Crippen molar-refractivity contribution in [3.05, 3.63) is 52.2 Å². The number of benzene rings is 1. The fourth-order valence-electron chi connectivity index (χ4n) is 3.89. The van der Waals surface area contributed by atoms with Gasteiger partial charge in [-0.3, -0.25) is 0 Å². The highest BCUT2D eigenvalue weighted by atomic mass is 15.4. The summed E-state index contributed by atoms with van der Waals surface area (Å²) in [5.41, 5.74) is 15.6. The third kappa shape index (κ3) is 9.54. The Kier molecular flexibility index (Phi) is 14.3. The minimum absolute atomic E-state index is 0.480. The highest BCUT2D eigenvalue weighted by Gasteiger charge is 2.16. The Balaban J connectivity index is 0.00000282. The molecule has 1 rings (SSSR count). The van der Waals surface area contributed by atoms with Crippen LogP contribution in [0.15, 0.2) is 41.1 Å². The van der Waals surface area contributed by atoms with E-state index in [0.717, 1.165) is 12.8 Å². The standard InChI is InChI=1S/C26H44N2.C3H8/c1-11-21(17(3)4)16-25(22(12-2)18(5)6)27-28-26-23(19(7)8)14-13-15-24(26)20(9)10;1-3-2/h11,13-15,17-20,27-28H,12,16H2,1-10H3;3H2,1-2H3/b21-11+,25-22-;. The van der Waals surface area contributed by atoms with Crippen LogP contribution in [0.5, 0.6) is 0 Å². The highest BCUT2D eigenvalue weighted by molar-refractivity contribution is 5.60. The molecule has 0 unspecified atom stereocenters. The number of hydrazine groups is 1. The molecule has 2 N–H and O–H groups in total. The van der Waals surface area contributed by atoms with Gasteiger partial charge in [0, 0.05) is 12.1 Å². The molecule has 0 bridgehead atoms. The van der Waals surface area contributed by atoms with E-state index in [9.17, 15) is 0 Å². The van der Waals surface area contributed by atoms with Crippen molar-refractivity contribution in [3.63, 3.8) is 0 Å². The van der Waals surface area contributed by atoms with Crippen LogP contribution in [-0.4, -0.2) is 0 Å². The van der Waals surface area contributed by atoms with Gasteiger partial charge in [0.2, 0.25) is 0 Å². The monoisotopic (exact) mass is 428 g/mol. The van der Waals surface area contributed by atoms with Crippen molar-refractivity contribution in [2.45, 2.75) is 114 Å². The summed E-state index contributed by atoms with van der Waals surface area (Å²) in [6.45, 7) is 26.9. The molecule has 1 aromatic carbocycles. The molecule has 2 heteroatoms. The zero-order valence-electron chi connectivity index (χ0n) is 22.7. The van der Waals surface area contributed by atoms with Crippen LogP contribution in [0.2, 0.25) is 0 Å². The molecule has 0 radical (unpaired) electrons. The Morgan fingerprint density at radius 1 is 0.839 bits per heavy atom. The van der Waals surface area contributed by atoms with Crippen molar-refractivity contribution in [3.8, 4) is 0 Å². The normalized spacial score (nSPS) is 12.8. The molecule has 0 aromatic heterocycles. The summed E-state index contributed by atoms with van der Waals surface area (Å²) in [7, 11) is 0. The second-order valence-electron chi connectivity index (χ2n) is 9.79. The number of anilines is 1. The molecule has 0 fully saturated rings. The molecule has 0 amide bonds. The minimum atomic E-state index is 0.480. The molecule has 0 atom stereocenters. The van der Waals surface area contributed by atoms with Crippen LogP contribution in [0.4, 0.5) is 5.69 Å². The topological polar surface area (TPSA) is 24.1 Å². The molecular formula is C29H52N2. The van der Waals surface area contributed by atoms with Crippen LogP contribution in [0.3, 0.4) is 0 Å². The van der Waals surface area contributed by atoms with Crippen molar-refractivity contribution >= 4 is 5.69 Å². The Morgan fingerprint density at radius 3 is 1.65 bits per heavy atom. The number of allylic oxidation sites excluding steroid dienone is 3. The lowest BCUT2D eigenvalue weighted by molar-refractivity contribution is 0.665. The summed E-state index contributed by atoms with van der Waals surface area (Å²) in [6.07, 6.45) is 5.57. The SMILES string of the molecule is C/C=C(\C/C(NNc1c(C(C)C)cccc1C(C)C)=C(\CC)C(C)C)C(C)C.CCC. The van der Waals surface area contributed by atoms with Gasteiger partial charge in [-0.2, -0.15) is 0 Å². The number of hydrogen-bond acceptors (Lipinski definition) is 2. The van der Waals surface area contributed by atoms with Crippen LogP contribution in [0.25, 0.3) is 0 Å². The molecule has 0 saturated carbocycles. The van der Waals surface area contributed by atoms with Crippen LogP contribution in [0, 0.1) is 11.8 Å². The summed E-state index contributed by atoms with van der Waals surface area (Å²) in [4.78, 5) is 0. The smallest absolute Gasteiger partial charge is 0.0608 e. The van der Waals surface area contributed by atoms with Crippen LogP contribution in [0.1, 0.15) is 125 Å². The van der Waals surface area contributed by atoms with E-state index in [2.05, 4.69) is 118 Å². The van der Waals surface area contributed by atoms with Crippen molar-refractivity contribution in [2.75, 3.05) is 5.43 Å². The van der Waals surface area contributed by atoms with Gasteiger partial charge in [0.1, 0.15) is 0 Å². The van der Waals surface area contributed by atoms with Gasteiger partial charge in [-0.05, 0) is 53.7 Å². The van der Waals surface area contributed by atoms with E-state index in [1.807, 2.05) is 0 Å². The van der Waals surface area contributed by atoms with Gasteiger partial charge >= 0.3 is 0 Å². The predicted octanol–water partition coefficient (Wildman–Crippen LogP) is 9.58. The van der Waals surface area contributed by atoms with Gasteiger partial charge in [-0.1, -0.05) is 112 Å². The Labute approximate surface area is 195 Å². The first kappa shape index (κ1) is 29.3. The second-order valence-corrected chi connectivity index (χ2v) is 9.79. The predicted molar refractivity (Wildman–Crippen MR) is 143 cm³/mol. The molecule has 31 heavy (non-hydrogen) atoms. The van der Waals surface area contributed by atoms with E-state index < -0.39 is 0 Å². The fourth-order valence-corrected chi connectivity index (χ4v) is 3.89. The first-order valence-corrected chi connectivity index (χ1v) is 12.6. The Bertz CT molecular complexity index is 664. The Morgan fingerprint density at radius 2 is 1.32 bits per heavy atom. The summed E-state index contributed by atoms with van der Waals surface area (Å²) in [5.74, 6) is 2.05. The lowest BCUT2D eigenvalue weighted by atomic mass is 9.91. The molecule has 0 aliphatic rings. The highest BCUT2D eigenvalue weighted by Crippen LogP contribution is 2.33. The lowest BCUT2D eigenvalue weighted by Gasteiger charge is -2.26. The van der Waals surface area contributed by atoms with Crippen molar-refractivity contribution in [1.29, 1.82) is 0 Å². The van der Waals surface area contributed by atoms with Crippen molar-refractivity contribution in [1.82, 2.24) is 5.43 Å². The van der Waals surface area contributed by atoms with Gasteiger partial charge in [-0.25, -0.2) is 0 Å². The fraction of sp³-hybridized carbons (Fsp3) is 0.655. The number of hydrogen-bond donors (Lipinski definition) is 2. The average Bonchev–Trinajstić information content (AvgIpc) is 2.69. The molecule has 0 spiro atoms. The molecule has 0 aliphatic carbocycles. The lowest BCUT2D eigenvalue weighted by Crippen LogP contribution is -2.26. The van der Waals surface area contributed by atoms with Gasteiger partial charge in [0.05, 0.1) is 5.69 Å². The summed E-state index contributed by atoms with van der Waals surface area (Å²) in [5, 5.41) is 0. The molecule has 0 aliphatic heterocycles. The molecule has 0 saturated heterocycles. The van der Waals surface area contributed by atoms with Crippen LogP contribution in [-0.2, 0) is 0 Å². The van der Waals surface area contributed by atoms with E-state index in [1.54, 1.807) is 0 Å². The first-order valence-electron chi connectivity index (χ1n) is 12.6. The zero-order valence-corrected chi connectivity index (χ0v) is 22.7. The third-order valence-electron chi connectivity index (χ3n) is 5.67. The van der Waals surface area contributed by atoms with Crippen LogP contribution >= 0.6 is 0 Å². The molecular weight excluding hydrogens is 376 g/mol. The van der Waals surface area contributed by atoms with Gasteiger partial charge in [0.15, 0.2) is 0 Å². The quantitative estimate of drug-likeness (QED) is 0.286. The second kappa shape index (κ2) is 15.2. The van der Waals surface area contributed by atoms with E-state index in [0.29, 0.717) is 23.7 Å². The maximum absolute atomic E-state index is 3.67. The molecule has 178 valence electrons. The molecule has 0 heterocycles. The van der Waals surface area contributed by atoms with Gasteiger partial charge in [0.25, 0.3) is 0 Å². The van der Waals surface area contributed by atoms with Gasteiger partial charge in [-0.15, -0.1) is 0 Å². The minimum Gasteiger partial charge on any atom is -0.305 e. The largest absolute Gasteiger partial charge is 0.305 e. The summed E-state index contributed by atoms with van der Waals surface area (Å²) >= 11 is 0. The molecule has 2 nitrogen and oxygen atoms in total. The van der Waals surface area contributed by atoms with Crippen molar-refractivity contribution < 1.29 is 0 Å². The first-order chi connectivity index (χ1) is 14.5. The maximum atomic E-state index is 3.67. The number of nitrogens with one attached hydrogen (secondary N) is 2. The number of para-hydroxylation sites is 1. The summed E-state index contributed by atoms with van der Waals surface area (Å²) < 4.78 is 0. The third-order valence-corrected chi connectivity index (χ3v) is 5.67. The van der Waals surface area contributed by atoms with E-state index in [-0.39, 0.29) is 0 Å². The van der Waals surface area contributed by atoms with Crippen molar-refractivity contribution in [2.24, 2.45) is 11.8 Å². The van der Waals surface area contributed by atoms with Gasteiger partial charge < -0.3 is 10.9 Å². The maximum Gasteiger partial charge on any atom is 0.0608 e. The zero-order chi connectivity index (χ0) is 24.1. The van der Waals surface area contributed by atoms with E-state index in [1.165, 1.54) is 40.1 Å². The average molecular weight is 429 g/mol. The Hall–Kier alpha value is -1.70. The van der Waals surface area contributed by atoms with E-state index >= 15 is 0 Å². The molecule has 1 aromatic rings. The van der Waals surface area contributed by atoms with Crippen LogP contribution < -0.4 is 10.9 Å². The van der Waals surface area contributed by atoms with E-state index in [4.69, 9.17) is 0 Å². The summed E-state index contributed by atoms with van der Waals surface area (Å²) in [6, 6.07) is 6.69.